The van der Waals surface area contributed by atoms with E-state index >= 15 is 0 Å². The van der Waals surface area contributed by atoms with E-state index in [0.717, 1.165) is 20.7 Å². The number of rotatable bonds is 0. The summed E-state index contributed by atoms with van der Waals surface area (Å²) in [6.07, 6.45) is 0. The van der Waals surface area contributed by atoms with Crippen LogP contribution in [0.1, 0.15) is 0 Å². The lowest BCUT2D eigenvalue weighted by Gasteiger charge is -1.86. The van der Waals surface area contributed by atoms with Gasteiger partial charge in [0.15, 0.2) is 17.4 Å². The molecule has 0 aromatic carbocycles. The Labute approximate surface area is 83.3 Å². The molecule has 0 saturated carbocycles. The molecule has 1 aliphatic heterocycles. The van der Waals surface area contributed by atoms with Gasteiger partial charge in [-0.15, -0.1) is 0 Å². The third-order valence-electron chi connectivity index (χ3n) is 2.01. The zero-order chi connectivity index (χ0) is 9.00. The van der Waals surface area contributed by atoms with Crippen LogP contribution in [0.15, 0.2) is 12.1 Å². The van der Waals surface area contributed by atoms with Gasteiger partial charge in [0.05, 0.1) is 0 Å². The first-order chi connectivity index (χ1) is 6.24. The Morgan fingerprint density at radius 2 is 1.38 bits per heavy atom. The fourth-order valence-corrected chi connectivity index (χ4v) is 3.45. The minimum absolute atomic E-state index is 0.333. The van der Waals surface area contributed by atoms with Crippen molar-refractivity contribution in [3.05, 3.63) is 12.1 Å². The zero-order valence-electron chi connectivity index (χ0n) is 6.44. The second-order valence-corrected chi connectivity index (χ2v) is 4.94. The normalized spacial score (nSPS) is 12.3. The first-order valence-corrected chi connectivity index (χ1v) is 5.38. The van der Waals surface area contributed by atoms with Crippen LogP contribution >= 0.6 is 22.7 Å². The minimum Gasteiger partial charge on any atom is -0.499 e. The summed E-state index contributed by atoms with van der Waals surface area (Å²) in [6.45, 7) is 0. The van der Waals surface area contributed by atoms with Gasteiger partial charge in [0.25, 0.3) is 0 Å². The molecule has 1 radical (unpaired) electrons. The van der Waals surface area contributed by atoms with E-state index in [9.17, 15) is 10.2 Å². The Kier molecular flexibility index (Phi) is 1.32. The van der Waals surface area contributed by atoms with Gasteiger partial charge in [-0.2, -0.15) is 0 Å². The Bertz CT molecular complexity index is 442. The van der Waals surface area contributed by atoms with Gasteiger partial charge in [0.1, 0.15) is 0 Å². The second kappa shape index (κ2) is 2.30. The molecule has 0 unspecified atom stereocenters. The van der Waals surface area contributed by atoms with Crippen molar-refractivity contribution >= 4 is 40.9 Å². The van der Waals surface area contributed by atoms with Crippen LogP contribution in [-0.4, -0.2) is 17.5 Å². The van der Waals surface area contributed by atoms with Crippen molar-refractivity contribution in [2.24, 2.45) is 0 Å². The molecule has 2 aromatic rings. The standard InChI is InChI=1S/C8H4BO2S2/c10-5-1-3-7(12-5)8-4(9-3)2-6(11)13-8/h1-2,10-11H. The molecule has 2 aromatic heterocycles. The van der Waals surface area contributed by atoms with Crippen molar-refractivity contribution in [3.8, 4) is 19.9 Å². The van der Waals surface area contributed by atoms with Crippen LogP contribution in [0.25, 0.3) is 9.75 Å². The summed E-state index contributed by atoms with van der Waals surface area (Å²) in [6, 6.07) is 3.51. The second-order valence-electron chi connectivity index (χ2n) is 2.88. The van der Waals surface area contributed by atoms with Gasteiger partial charge in [0, 0.05) is 9.75 Å². The van der Waals surface area contributed by atoms with Gasteiger partial charge in [-0.3, -0.25) is 0 Å². The van der Waals surface area contributed by atoms with Crippen LogP contribution in [0.3, 0.4) is 0 Å². The maximum absolute atomic E-state index is 9.27. The van der Waals surface area contributed by atoms with Crippen molar-refractivity contribution in [2.75, 3.05) is 0 Å². The van der Waals surface area contributed by atoms with E-state index in [1.165, 1.54) is 22.7 Å². The van der Waals surface area contributed by atoms with Gasteiger partial charge in [-0.1, -0.05) is 33.6 Å². The van der Waals surface area contributed by atoms with Crippen molar-refractivity contribution in [1.82, 2.24) is 0 Å². The van der Waals surface area contributed by atoms with Gasteiger partial charge < -0.3 is 10.2 Å². The minimum atomic E-state index is 0.333. The molecule has 0 saturated heterocycles. The van der Waals surface area contributed by atoms with E-state index in [4.69, 9.17) is 0 Å². The monoisotopic (exact) mass is 207 g/mol. The highest BCUT2D eigenvalue weighted by molar-refractivity contribution is 7.27. The Morgan fingerprint density at radius 1 is 0.923 bits per heavy atom. The predicted octanol–water partition coefficient (Wildman–Crippen LogP) is 0.856. The number of fused-ring (bicyclic) bond motifs is 3. The molecule has 0 bridgehead atoms. The largest absolute Gasteiger partial charge is 0.499 e. The molecule has 3 rings (SSSR count). The molecule has 0 fully saturated rings. The van der Waals surface area contributed by atoms with Crippen LogP contribution < -0.4 is 10.9 Å². The molecule has 3 heterocycles. The van der Waals surface area contributed by atoms with E-state index in [1.54, 1.807) is 12.1 Å². The van der Waals surface area contributed by atoms with Crippen LogP contribution in [0.4, 0.5) is 0 Å². The lowest BCUT2D eigenvalue weighted by Crippen LogP contribution is -2.18. The number of thiophene rings is 2. The lowest BCUT2D eigenvalue weighted by atomic mass is 9.69. The molecule has 13 heavy (non-hydrogen) atoms. The summed E-state index contributed by atoms with van der Waals surface area (Å²) in [5.74, 6) is 0. The van der Waals surface area contributed by atoms with E-state index in [0.29, 0.717) is 10.1 Å². The van der Waals surface area contributed by atoms with Gasteiger partial charge >= 0.3 is 0 Å². The van der Waals surface area contributed by atoms with E-state index in [-0.39, 0.29) is 0 Å². The molecular weight excluding hydrogens is 203 g/mol. The summed E-state index contributed by atoms with van der Waals surface area (Å²) in [4.78, 5) is 2.13. The molecule has 0 amide bonds. The number of hydrogen-bond donors (Lipinski definition) is 2. The fraction of sp³-hybridized carbons (Fsp3) is 0. The molecule has 0 atom stereocenters. The highest BCUT2D eigenvalue weighted by atomic mass is 32.1. The van der Waals surface area contributed by atoms with Crippen molar-refractivity contribution in [1.29, 1.82) is 0 Å². The third kappa shape index (κ3) is 0.942. The molecular formula is C8H4BO2S2. The summed E-state index contributed by atoms with van der Waals surface area (Å²) in [5, 5.41) is 19.2. The summed E-state index contributed by atoms with van der Waals surface area (Å²) in [5.41, 5.74) is 2.12. The van der Waals surface area contributed by atoms with Crippen LogP contribution in [0, 0.1) is 0 Å². The predicted molar refractivity (Wildman–Crippen MR) is 56.0 cm³/mol. The quantitative estimate of drug-likeness (QED) is 0.536. The zero-order valence-corrected chi connectivity index (χ0v) is 8.08. The topological polar surface area (TPSA) is 40.5 Å². The summed E-state index contributed by atoms with van der Waals surface area (Å²) in [7, 11) is 1.98. The summed E-state index contributed by atoms with van der Waals surface area (Å²) >= 11 is 2.71. The highest BCUT2D eigenvalue weighted by Crippen LogP contribution is 2.38. The number of hydrogen-bond acceptors (Lipinski definition) is 4. The van der Waals surface area contributed by atoms with Crippen LogP contribution in [0.5, 0.6) is 10.1 Å². The Morgan fingerprint density at radius 3 is 1.85 bits per heavy atom. The Hall–Kier alpha value is -0.935. The molecule has 5 heteroatoms. The van der Waals surface area contributed by atoms with Crippen LogP contribution in [-0.2, 0) is 0 Å². The average molecular weight is 207 g/mol. The van der Waals surface area contributed by atoms with Crippen molar-refractivity contribution < 1.29 is 10.2 Å². The van der Waals surface area contributed by atoms with E-state index in [2.05, 4.69) is 0 Å². The lowest BCUT2D eigenvalue weighted by molar-refractivity contribution is 0.491. The smallest absolute Gasteiger partial charge is 0.195 e. The van der Waals surface area contributed by atoms with Crippen molar-refractivity contribution in [3.63, 3.8) is 0 Å². The SMILES string of the molecule is Oc1cc2c(s1)-c1sc(O)cc1[B]2. The van der Waals surface area contributed by atoms with E-state index in [1.807, 2.05) is 7.28 Å². The molecule has 0 spiro atoms. The molecule has 0 aliphatic carbocycles. The third-order valence-corrected chi connectivity index (χ3v) is 4.08. The number of aromatic hydroxyl groups is 2. The highest BCUT2D eigenvalue weighted by Gasteiger charge is 2.25. The van der Waals surface area contributed by atoms with Gasteiger partial charge in [-0.25, -0.2) is 0 Å². The maximum atomic E-state index is 9.27. The molecule has 63 valence electrons. The fourth-order valence-electron chi connectivity index (χ4n) is 1.52. The Balaban J connectivity index is 2.28. The summed E-state index contributed by atoms with van der Waals surface area (Å²) < 4.78 is 0. The van der Waals surface area contributed by atoms with E-state index < -0.39 is 0 Å². The van der Waals surface area contributed by atoms with Gasteiger partial charge in [0.2, 0.25) is 0 Å². The van der Waals surface area contributed by atoms with Gasteiger partial charge in [-0.05, 0) is 12.1 Å². The molecule has 2 N–H and O–H groups in total. The maximum Gasteiger partial charge on any atom is 0.195 e. The molecule has 2 nitrogen and oxygen atoms in total. The first kappa shape index (κ1) is 7.47. The van der Waals surface area contributed by atoms with Crippen LogP contribution in [0.2, 0.25) is 0 Å². The molecule has 1 aliphatic rings. The first-order valence-electron chi connectivity index (χ1n) is 3.75. The van der Waals surface area contributed by atoms with Crippen molar-refractivity contribution in [2.45, 2.75) is 0 Å². The average Bonchev–Trinajstić information content (AvgIpc) is 2.60.